The van der Waals surface area contributed by atoms with Gasteiger partial charge in [-0.1, -0.05) is 5.16 Å². The first kappa shape index (κ1) is 20.7. The Kier molecular flexibility index (Phi) is 5.56. The fourth-order valence-electron chi connectivity index (χ4n) is 2.86. The van der Waals surface area contributed by atoms with Crippen LogP contribution in [-0.4, -0.2) is 60.0 Å². The third kappa shape index (κ3) is 4.06. The average molecular weight is 464 g/mol. The van der Waals surface area contributed by atoms with Crippen molar-refractivity contribution in [2.75, 3.05) is 11.5 Å². The number of aromatic nitrogens is 2. The molecule has 2 amide bonds. The Bertz CT molecular complexity index is 1120. The Morgan fingerprint density at radius 2 is 2.10 bits per heavy atom. The number of carbonyl (C=O) groups excluding carboxylic acids is 2. The smallest absolute Gasteiger partial charge is 0.352 e. The highest BCUT2D eigenvalue weighted by Gasteiger charge is 2.53. The van der Waals surface area contributed by atoms with Crippen LogP contribution in [0.4, 0.5) is 9.52 Å². The number of rotatable bonds is 6. The van der Waals surface area contributed by atoms with Crippen LogP contribution in [0.1, 0.15) is 5.82 Å². The van der Waals surface area contributed by atoms with E-state index in [1.165, 1.54) is 30.0 Å². The average Bonchev–Trinajstić information content (AvgIpc) is 3.18. The molecule has 0 aliphatic carbocycles. The molecule has 2 atom stereocenters. The highest BCUT2D eigenvalue weighted by atomic mass is 32.2. The number of amides is 2. The van der Waals surface area contributed by atoms with Crippen molar-refractivity contribution in [3.05, 3.63) is 47.7 Å². The Labute approximate surface area is 181 Å². The number of benzene rings is 1. The Balaban J connectivity index is 1.54. The highest BCUT2D eigenvalue weighted by Crippen LogP contribution is 2.37. The van der Waals surface area contributed by atoms with Crippen LogP contribution < -0.4 is 15.9 Å². The predicted molar refractivity (Wildman–Crippen MR) is 109 cm³/mol. The molecule has 2 aliphatic rings. The number of fused-ring (bicyclic) bond motifs is 1. The van der Waals surface area contributed by atoms with Gasteiger partial charge in [-0.05, 0) is 30.3 Å². The van der Waals surface area contributed by atoms with Gasteiger partial charge in [-0.3, -0.25) is 14.5 Å². The van der Waals surface area contributed by atoms with Crippen molar-refractivity contribution in [3.8, 4) is 5.75 Å². The molecule has 4 rings (SSSR count). The second-order valence-electron chi connectivity index (χ2n) is 6.22. The van der Waals surface area contributed by atoms with E-state index >= 15 is 0 Å². The molecule has 1 unspecified atom stereocenters. The molecular weight excluding hydrogens is 451 g/mol. The number of aliphatic carboxylic acids is 1. The molecule has 11 nitrogen and oxygen atoms in total. The van der Waals surface area contributed by atoms with Gasteiger partial charge in [0.1, 0.15) is 22.9 Å². The summed E-state index contributed by atoms with van der Waals surface area (Å²) in [5, 5.41) is 15.0. The van der Waals surface area contributed by atoms with E-state index < -0.39 is 35.0 Å². The van der Waals surface area contributed by atoms with Crippen LogP contribution in [0, 0.1) is 5.82 Å². The summed E-state index contributed by atoms with van der Waals surface area (Å²) in [7, 11) is 0. The van der Waals surface area contributed by atoms with Crippen LogP contribution in [0.5, 0.6) is 5.75 Å². The third-order valence-electron chi connectivity index (χ3n) is 4.28. The maximum Gasteiger partial charge on any atom is 0.352 e. The fraction of sp³-hybridized carbons (Fsp3) is 0.176. The minimum atomic E-state index is -1.22. The molecule has 1 saturated heterocycles. The van der Waals surface area contributed by atoms with Crippen molar-refractivity contribution >= 4 is 51.9 Å². The summed E-state index contributed by atoms with van der Waals surface area (Å²) in [6, 6.07) is 3.96. The van der Waals surface area contributed by atoms with Crippen molar-refractivity contribution in [2.24, 2.45) is 5.16 Å². The van der Waals surface area contributed by atoms with Crippen LogP contribution in [0.15, 0.2) is 41.2 Å². The van der Waals surface area contributed by atoms with Gasteiger partial charge >= 0.3 is 5.97 Å². The maximum absolute atomic E-state index is 13.1. The minimum absolute atomic E-state index is 0.0854. The van der Waals surface area contributed by atoms with Crippen molar-refractivity contribution in [1.82, 2.24) is 19.6 Å². The number of nitrogen functional groups attached to an aromatic ring is 1. The second kappa shape index (κ2) is 8.31. The van der Waals surface area contributed by atoms with E-state index in [-0.39, 0.29) is 28.1 Å². The van der Waals surface area contributed by atoms with Gasteiger partial charge in [0.25, 0.3) is 11.8 Å². The lowest BCUT2D eigenvalue weighted by molar-refractivity contribution is -0.150. The quantitative estimate of drug-likeness (QED) is 0.312. The number of hydrogen-bond acceptors (Lipinski definition) is 10. The van der Waals surface area contributed by atoms with Gasteiger partial charge in [0.05, 0.1) is 0 Å². The van der Waals surface area contributed by atoms with E-state index in [4.69, 9.17) is 10.6 Å². The van der Waals surface area contributed by atoms with Crippen molar-refractivity contribution in [1.29, 1.82) is 0 Å². The van der Waals surface area contributed by atoms with E-state index in [0.29, 0.717) is 5.75 Å². The number of β-lactam (4-membered cyclic amide) rings is 1. The van der Waals surface area contributed by atoms with E-state index in [2.05, 4.69) is 19.8 Å². The first-order valence-corrected chi connectivity index (χ1v) is 10.5. The lowest BCUT2D eigenvalue weighted by Crippen LogP contribution is -2.70. The van der Waals surface area contributed by atoms with Crippen LogP contribution >= 0.6 is 23.3 Å². The zero-order valence-corrected chi connectivity index (χ0v) is 17.0. The number of carboxylic acids is 1. The topological polar surface area (TPSA) is 160 Å². The molecule has 3 heterocycles. The van der Waals surface area contributed by atoms with Crippen LogP contribution in [-0.2, 0) is 14.4 Å². The zero-order chi connectivity index (χ0) is 22.1. The third-order valence-corrected chi connectivity index (χ3v) is 6.00. The summed E-state index contributed by atoms with van der Waals surface area (Å²) in [5.41, 5.74) is 5.11. The first-order chi connectivity index (χ1) is 14.8. The van der Waals surface area contributed by atoms with E-state index in [1.54, 1.807) is 0 Å². The second-order valence-corrected chi connectivity index (χ2v) is 8.15. The number of halogens is 1. The molecule has 160 valence electrons. The summed E-state index contributed by atoms with van der Waals surface area (Å²) in [6.45, 7) is 0. The summed E-state index contributed by atoms with van der Waals surface area (Å²) >= 11 is 2.14. The van der Waals surface area contributed by atoms with Gasteiger partial charge in [0.2, 0.25) is 11.5 Å². The van der Waals surface area contributed by atoms with Gasteiger partial charge in [-0.15, -0.1) is 11.8 Å². The Morgan fingerprint density at radius 3 is 2.74 bits per heavy atom. The number of thioether (sulfide) groups is 1. The highest BCUT2D eigenvalue weighted by molar-refractivity contribution is 8.00. The number of nitrogens with one attached hydrogen (secondary N) is 1. The van der Waals surface area contributed by atoms with Gasteiger partial charge in [-0.2, -0.15) is 9.36 Å². The molecule has 2 aromatic rings. The minimum Gasteiger partial charge on any atom is -0.477 e. The van der Waals surface area contributed by atoms with E-state index in [1.807, 2.05) is 0 Å². The van der Waals surface area contributed by atoms with Crippen LogP contribution in [0.3, 0.4) is 0 Å². The lowest BCUT2D eigenvalue weighted by Gasteiger charge is -2.48. The number of nitrogens with two attached hydrogens (primary N) is 1. The summed E-state index contributed by atoms with van der Waals surface area (Å²) in [4.78, 5) is 46.8. The number of oxime groups is 1. The normalized spacial score (nSPS) is 20.4. The van der Waals surface area contributed by atoms with Crippen LogP contribution in [0.25, 0.3) is 0 Å². The standard InChI is InChI=1S/C17H13FN6O5S2/c18-7-1-3-8(4-2-7)29-22-10(12-21-17(19)31-23-12)13(25)20-11-14(26)24-9(16(27)28)5-6-30-15(11)24/h1-5,11,15H,6H2,(H,20,25)(H,27,28)(H2,19,21,23)/t11?,15-/m0/s1. The summed E-state index contributed by atoms with van der Waals surface area (Å²) in [6.07, 6.45) is 1.44. The molecule has 1 aromatic carbocycles. The Hall–Kier alpha value is -3.52. The number of carbonyl (C=O) groups is 3. The van der Waals surface area contributed by atoms with Crippen molar-refractivity contribution in [2.45, 2.75) is 11.4 Å². The number of carboxylic acid groups (broad SMARTS) is 1. The van der Waals surface area contributed by atoms with E-state index in [9.17, 15) is 23.9 Å². The zero-order valence-electron chi connectivity index (χ0n) is 15.4. The molecule has 1 aromatic heterocycles. The number of anilines is 1. The molecule has 0 saturated carbocycles. The first-order valence-electron chi connectivity index (χ1n) is 8.64. The number of hydrogen-bond donors (Lipinski definition) is 3. The molecule has 0 spiro atoms. The molecule has 31 heavy (non-hydrogen) atoms. The monoisotopic (exact) mass is 464 g/mol. The largest absolute Gasteiger partial charge is 0.477 e. The van der Waals surface area contributed by atoms with Crippen molar-refractivity contribution < 1.29 is 28.7 Å². The summed E-state index contributed by atoms with van der Waals surface area (Å²) in [5.74, 6) is -2.67. The van der Waals surface area contributed by atoms with E-state index in [0.717, 1.165) is 28.6 Å². The molecule has 1 fully saturated rings. The SMILES string of the molecule is Nc1nc(C(=NOc2ccc(F)cc2)C(=O)NC2C(=O)N3C(C(=O)O)=CCS[C@@H]23)ns1. The van der Waals surface area contributed by atoms with Gasteiger partial charge in [0, 0.05) is 17.3 Å². The molecule has 2 aliphatic heterocycles. The molecule has 4 N–H and O–H groups in total. The molecule has 14 heteroatoms. The summed E-state index contributed by atoms with van der Waals surface area (Å²) < 4.78 is 17.0. The lowest BCUT2D eigenvalue weighted by atomic mass is 10.0. The molecule has 0 bridgehead atoms. The fourth-order valence-corrected chi connectivity index (χ4v) is 4.49. The molecule has 0 radical (unpaired) electrons. The molecular formula is C17H13FN6O5S2. The maximum atomic E-state index is 13.1. The predicted octanol–water partition coefficient (Wildman–Crippen LogP) is 0.411. The Morgan fingerprint density at radius 1 is 1.35 bits per heavy atom. The van der Waals surface area contributed by atoms with Crippen LogP contribution in [0.2, 0.25) is 0 Å². The van der Waals surface area contributed by atoms with Gasteiger partial charge in [0.15, 0.2) is 10.9 Å². The van der Waals surface area contributed by atoms with Crippen molar-refractivity contribution in [3.63, 3.8) is 0 Å². The number of nitrogens with zero attached hydrogens (tertiary/aromatic N) is 4. The van der Waals surface area contributed by atoms with Gasteiger partial charge < -0.3 is 21.0 Å². The van der Waals surface area contributed by atoms with Gasteiger partial charge in [-0.25, -0.2) is 9.18 Å².